The molecule has 3 fully saturated rings. The van der Waals surface area contributed by atoms with E-state index in [2.05, 4.69) is 14.6 Å². The summed E-state index contributed by atoms with van der Waals surface area (Å²) >= 11 is 1.35. The molecule has 176 valence electrons. The largest absolute Gasteiger partial charge is 0.493 e. The molecule has 0 radical (unpaired) electrons. The van der Waals surface area contributed by atoms with Crippen LogP contribution in [-0.2, 0) is 14.3 Å². The second-order valence-electron chi connectivity index (χ2n) is 7.82. The summed E-state index contributed by atoms with van der Waals surface area (Å²) in [6.45, 7) is 5.50. The van der Waals surface area contributed by atoms with E-state index in [1.54, 1.807) is 7.11 Å². The normalized spacial score (nSPS) is 21.6. The number of amides is 1. The van der Waals surface area contributed by atoms with Crippen molar-refractivity contribution < 1.29 is 28.9 Å². The minimum Gasteiger partial charge on any atom is -0.493 e. The summed E-state index contributed by atoms with van der Waals surface area (Å²) in [5, 5.41) is 11.0. The number of ether oxygens (including phenoxy) is 3. The number of fused-ring (bicyclic) bond motifs is 4. The van der Waals surface area contributed by atoms with E-state index in [1.807, 2.05) is 18.2 Å². The summed E-state index contributed by atoms with van der Waals surface area (Å²) in [6.07, 6.45) is 3.18. The van der Waals surface area contributed by atoms with Gasteiger partial charge in [0.15, 0.2) is 0 Å². The lowest BCUT2D eigenvalue weighted by Gasteiger charge is -2.44. The Balaban J connectivity index is 0.000000913. The Hall–Kier alpha value is -2.27. The van der Waals surface area contributed by atoms with E-state index in [1.165, 1.54) is 37.5 Å². The van der Waals surface area contributed by atoms with Crippen LogP contribution in [0.15, 0.2) is 18.2 Å². The van der Waals surface area contributed by atoms with Gasteiger partial charge in [-0.2, -0.15) is 4.37 Å². The number of carbonyl (C=O) groups excluding carboxylic acids is 1. The van der Waals surface area contributed by atoms with Gasteiger partial charge >= 0.3 is 0 Å². The van der Waals surface area contributed by atoms with E-state index >= 15 is 0 Å². The highest BCUT2D eigenvalue weighted by Gasteiger charge is 2.35. The second kappa shape index (κ2) is 12.7. The van der Waals surface area contributed by atoms with Gasteiger partial charge in [0.1, 0.15) is 11.4 Å². The Bertz CT molecular complexity index is 868. The number of benzene rings is 1. The summed E-state index contributed by atoms with van der Waals surface area (Å²) in [6, 6.07) is 6.06. The maximum absolute atomic E-state index is 12.8. The lowest BCUT2D eigenvalue weighted by molar-refractivity contribution is -0.122. The fourth-order valence-electron chi connectivity index (χ4n) is 4.13. The van der Waals surface area contributed by atoms with E-state index in [4.69, 9.17) is 24.1 Å². The molecule has 0 spiro atoms. The predicted molar refractivity (Wildman–Crippen MR) is 122 cm³/mol. The van der Waals surface area contributed by atoms with Gasteiger partial charge in [-0.05, 0) is 61.6 Å². The molecule has 32 heavy (non-hydrogen) atoms. The van der Waals surface area contributed by atoms with Crippen LogP contribution in [0.25, 0.3) is 10.1 Å². The first kappa shape index (κ1) is 24.4. The highest BCUT2D eigenvalue weighted by molar-refractivity contribution is 7.13. The lowest BCUT2D eigenvalue weighted by Crippen LogP contribution is -2.57. The van der Waals surface area contributed by atoms with Crippen LogP contribution in [0.2, 0.25) is 0 Å². The number of methoxy groups -OCH3 is 1. The molecule has 4 heterocycles. The molecule has 0 aliphatic carbocycles. The van der Waals surface area contributed by atoms with E-state index in [0.717, 1.165) is 28.8 Å². The third-order valence-electron chi connectivity index (χ3n) is 5.76. The smallest absolute Gasteiger partial charge is 0.290 e. The van der Waals surface area contributed by atoms with Crippen molar-refractivity contribution in [2.24, 2.45) is 5.92 Å². The minimum absolute atomic E-state index is 0.0584. The maximum Gasteiger partial charge on any atom is 0.290 e. The van der Waals surface area contributed by atoms with Gasteiger partial charge in [-0.25, -0.2) is 0 Å². The number of rotatable bonds is 10. The fourth-order valence-corrected chi connectivity index (χ4v) is 4.93. The zero-order chi connectivity index (χ0) is 22.8. The Morgan fingerprint density at radius 3 is 2.75 bits per heavy atom. The molecule has 5 rings (SSSR count). The molecule has 2 bridgehead atoms. The fraction of sp³-hybridized carbons (Fsp3) is 0.591. The van der Waals surface area contributed by atoms with Crippen LogP contribution in [0.4, 0.5) is 0 Å². The number of hydrogen-bond acceptors (Lipinski definition) is 8. The van der Waals surface area contributed by atoms with Gasteiger partial charge in [0, 0.05) is 38.1 Å². The highest BCUT2D eigenvalue weighted by atomic mass is 32.1. The average Bonchev–Trinajstić information content (AvgIpc) is 3.23. The molecule has 2 N–H and O–H groups in total. The second-order valence-corrected chi connectivity index (χ2v) is 8.62. The number of nitrogens with zero attached hydrogens (tertiary/aromatic N) is 2. The molecule has 0 unspecified atom stereocenters. The monoisotopic (exact) mass is 465 g/mol. The average molecular weight is 466 g/mol. The van der Waals surface area contributed by atoms with Gasteiger partial charge in [-0.1, -0.05) is 0 Å². The van der Waals surface area contributed by atoms with Crippen LogP contribution in [-0.4, -0.2) is 86.0 Å². The molecule has 1 amide bonds. The first-order valence-electron chi connectivity index (χ1n) is 10.9. The Kier molecular flexibility index (Phi) is 9.66. The van der Waals surface area contributed by atoms with Crippen molar-refractivity contribution in [2.75, 3.05) is 53.2 Å². The first-order chi connectivity index (χ1) is 15.7. The zero-order valence-corrected chi connectivity index (χ0v) is 19.1. The van der Waals surface area contributed by atoms with Gasteiger partial charge in [0.05, 0.1) is 24.5 Å². The molecular weight excluding hydrogens is 434 g/mol. The molecule has 1 atom stereocenters. The van der Waals surface area contributed by atoms with Crippen molar-refractivity contribution in [1.29, 1.82) is 0 Å². The van der Waals surface area contributed by atoms with E-state index in [-0.39, 0.29) is 18.4 Å². The Labute approximate surface area is 191 Å². The third-order valence-corrected chi connectivity index (χ3v) is 6.57. The van der Waals surface area contributed by atoms with Crippen LogP contribution < -0.4 is 10.1 Å². The molecule has 3 aliphatic heterocycles. The molecular formula is C22H31N3O6S. The van der Waals surface area contributed by atoms with Crippen molar-refractivity contribution in [1.82, 2.24) is 14.6 Å². The van der Waals surface area contributed by atoms with Crippen molar-refractivity contribution in [3.63, 3.8) is 0 Å². The molecule has 9 nitrogen and oxygen atoms in total. The molecule has 3 saturated heterocycles. The van der Waals surface area contributed by atoms with Crippen LogP contribution >= 0.6 is 11.5 Å². The summed E-state index contributed by atoms with van der Waals surface area (Å²) in [5.41, 5.74) is 0.527. The number of carboxylic acid groups (broad SMARTS) is 1. The minimum atomic E-state index is -0.250. The van der Waals surface area contributed by atoms with Crippen molar-refractivity contribution in [2.45, 2.75) is 25.3 Å². The van der Waals surface area contributed by atoms with Gasteiger partial charge in [0.25, 0.3) is 12.4 Å². The summed E-state index contributed by atoms with van der Waals surface area (Å²) in [7, 11) is 1.66. The number of piperidine rings is 3. The lowest BCUT2D eigenvalue weighted by atomic mass is 9.84. The molecule has 3 aliphatic rings. The number of aromatic nitrogens is 1. The van der Waals surface area contributed by atoms with Gasteiger partial charge in [-0.15, -0.1) is 0 Å². The van der Waals surface area contributed by atoms with Gasteiger partial charge < -0.3 is 29.5 Å². The van der Waals surface area contributed by atoms with Crippen LogP contribution in [0.3, 0.4) is 0 Å². The quantitative estimate of drug-likeness (QED) is 0.406. The van der Waals surface area contributed by atoms with Crippen molar-refractivity contribution in [3.8, 4) is 5.75 Å². The standard InChI is InChI=1S/C21H29N3O4S.CH2O2/c1-26-11-12-27-9-2-10-28-16-3-4-17-19(13-16)29-23-20(17)21(25)22-18-14-24-7-5-15(18)6-8-24;2-1-3/h3-4,13,15,18H,2,5-12,14H2,1H3,(H,22,25);1H,(H,2,3)/t18-;/m1./s1. The van der Waals surface area contributed by atoms with Crippen molar-refractivity contribution in [3.05, 3.63) is 23.9 Å². The topological polar surface area (TPSA) is 110 Å². The Morgan fingerprint density at radius 2 is 2.06 bits per heavy atom. The summed E-state index contributed by atoms with van der Waals surface area (Å²) in [4.78, 5) is 23.6. The predicted octanol–water partition coefficient (Wildman–Crippen LogP) is 2.25. The number of carbonyl (C=O) groups is 2. The van der Waals surface area contributed by atoms with E-state index in [0.29, 0.717) is 38.0 Å². The number of nitrogens with one attached hydrogen (secondary N) is 1. The zero-order valence-electron chi connectivity index (χ0n) is 18.3. The van der Waals surface area contributed by atoms with Crippen LogP contribution in [0.1, 0.15) is 29.8 Å². The Morgan fingerprint density at radius 1 is 1.28 bits per heavy atom. The maximum atomic E-state index is 12.8. The third kappa shape index (κ3) is 6.61. The first-order valence-corrected chi connectivity index (χ1v) is 11.6. The molecule has 1 aromatic heterocycles. The van der Waals surface area contributed by atoms with Crippen molar-refractivity contribution >= 4 is 34.0 Å². The molecule has 1 aromatic carbocycles. The summed E-state index contributed by atoms with van der Waals surface area (Å²) in [5.74, 6) is 1.34. The van der Waals surface area contributed by atoms with Gasteiger partial charge in [-0.3, -0.25) is 9.59 Å². The SMILES string of the molecule is COCCOCCCOc1ccc2c(C(=O)N[C@@H]3CN4CCC3CC4)nsc2c1.O=CO. The van der Waals surface area contributed by atoms with E-state index in [9.17, 15) is 4.79 Å². The summed E-state index contributed by atoms with van der Waals surface area (Å²) < 4.78 is 21.6. The molecule has 0 saturated carbocycles. The molecule has 10 heteroatoms. The van der Waals surface area contributed by atoms with Crippen LogP contribution in [0, 0.1) is 5.92 Å². The highest BCUT2D eigenvalue weighted by Crippen LogP contribution is 2.30. The van der Waals surface area contributed by atoms with Gasteiger partial charge in [0.2, 0.25) is 0 Å². The van der Waals surface area contributed by atoms with E-state index < -0.39 is 0 Å². The molecule has 2 aromatic rings. The number of hydrogen-bond donors (Lipinski definition) is 2. The van der Waals surface area contributed by atoms with Crippen LogP contribution in [0.5, 0.6) is 5.75 Å².